The molecular weight excluding hydrogens is 466 g/mol. The van der Waals surface area contributed by atoms with Crippen LogP contribution in [0.4, 0.5) is 0 Å². The Kier molecular flexibility index (Phi) is 5.33. The van der Waals surface area contributed by atoms with E-state index < -0.39 is 12.1 Å². The summed E-state index contributed by atoms with van der Waals surface area (Å²) in [5, 5.41) is 0. The van der Waals surface area contributed by atoms with Crippen LogP contribution in [0.15, 0.2) is 30.9 Å². The van der Waals surface area contributed by atoms with Crippen molar-refractivity contribution in [1.82, 2.24) is 14.9 Å². The largest absolute Gasteiger partial charge is 0.493 e. The van der Waals surface area contributed by atoms with Crippen molar-refractivity contribution in [3.8, 4) is 39.9 Å². The third kappa shape index (κ3) is 3.10. The van der Waals surface area contributed by atoms with Gasteiger partial charge in [0.1, 0.15) is 18.0 Å². The summed E-state index contributed by atoms with van der Waals surface area (Å²) in [6.07, 6.45) is 5.12. The number of aromatic nitrogens is 2. The Morgan fingerprint density at radius 2 is 1.72 bits per heavy atom. The molecular formula is C26H25N3O7. The molecule has 10 nitrogen and oxygen atoms in total. The van der Waals surface area contributed by atoms with Gasteiger partial charge in [0, 0.05) is 41.2 Å². The minimum Gasteiger partial charge on any atom is -0.493 e. The van der Waals surface area contributed by atoms with Crippen molar-refractivity contribution in [2.45, 2.75) is 18.6 Å². The van der Waals surface area contributed by atoms with E-state index in [1.165, 1.54) is 20.5 Å². The summed E-state index contributed by atoms with van der Waals surface area (Å²) < 4.78 is 34.8. The first-order valence-corrected chi connectivity index (χ1v) is 11.5. The third-order valence-corrected chi connectivity index (χ3v) is 7.07. The molecule has 0 amide bonds. The number of carbonyl (C=O) groups is 1. The molecule has 0 N–H and O–H groups in total. The van der Waals surface area contributed by atoms with E-state index in [1.54, 1.807) is 25.6 Å². The second-order valence-corrected chi connectivity index (χ2v) is 8.76. The van der Waals surface area contributed by atoms with Crippen molar-refractivity contribution in [1.29, 1.82) is 0 Å². The molecule has 6 rings (SSSR count). The number of cyclic esters (lactones) is 1. The second-order valence-electron chi connectivity index (χ2n) is 8.76. The standard InChI is InChI=1S/C26H25N3O7/c1-29-8-7-14-17(13-9-27-11-28-10-13)24-25(35-12-34-24)23(33-4)18(14)20(29)21-15-5-6-16(31-2)22(32-3)19(15)26(30)36-21/h5-6,9-11,20-21H,7-8,12H2,1-4H3/t20-,21+/m1/s1. The zero-order valence-corrected chi connectivity index (χ0v) is 20.4. The molecule has 186 valence electrons. The Labute approximate surface area is 207 Å². The molecule has 2 atom stereocenters. The quantitative estimate of drug-likeness (QED) is 0.494. The first-order chi connectivity index (χ1) is 17.6. The average Bonchev–Trinajstić information content (AvgIpc) is 3.52. The molecule has 0 bridgehead atoms. The van der Waals surface area contributed by atoms with Crippen LogP contribution in [0.2, 0.25) is 0 Å². The van der Waals surface area contributed by atoms with E-state index >= 15 is 0 Å². The second kappa shape index (κ2) is 8.56. The normalized spacial score (nSPS) is 19.9. The van der Waals surface area contributed by atoms with Crippen LogP contribution in [0, 0.1) is 0 Å². The smallest absolute Gasteiger partial charge is 0.343 e. The van der Waals surface area contributed by atoms with Gasteiger partial charge in [-0.2, -0.15) is 0 Å². The van der Waals surface area contributed by atoms with E-state index in [-0.39, 0.29) is 12.8 Å². The van der Waals surface area contributed by atoms with Gasteiger partial charge >= 0.3 is 5.97 Å². The van der Waals surface area contributed by atoms with Gasteiger partial charge < -0.3 is 28.4 Å². The van der Waals surface area contributed by atoms with Gasteiger partial charge in [0.15, 0.2) is 23.0 Å². The number of rotatable bonds is 5. The molecule has 0 spiro atoms. The molecule has 1 aromatic heterocycles. The number of fused-ring (bicyclic) bond motifs is 3. The van der Waals surface area contributed by atoms with Gasteiger partial charge in [-0.15, -0.1) is 0 Å². The lowest BCUT2D eigenvalue weighted by Gasteiger charge is -2.39. The van der Waals surface area contributed by atoms with Crippen molar-refractivity contribution in [2.24, 2.45) is 0 Å². The molecule has 36 heavy (non-hydrogen) atoms. The molecule has 10 heteroatoms. The van der Waals surface area contributed by atoms with E-state index in [9.17, 15) is 4.79 Å². The fourth-order valence-electron chi connectivity index (χ4n) is 5.56. The Morgan fingerprint density at radius 3 is 2.44 bits per heavy atom. The van der Waals surface area contributed by atoms with E-state index in [1.807, 2.05) is 13.1 Å². The lowest BCUT2D eigenvalue weighted by atomic mass is 9.82. The molecule has 3 aliphatic rings. The van der Waals surface area contributed by atoms with Crippen LogP contribution in [0.3, 0.4) is 0 Å². The summed E-state index contributed by atoms with van der Waals surface area (Å²) in [6.45, 7) is 0.797. The van der Waals surface area contributed by atoms with Crippen LogP contribution in [-0.4, -0.2) is 62.6 Å². The van der Waals surface area contributed by atoms with Gasteiger partial charge in [-0.25, -0.2) is 14.8 Å². The van der Waals surface area contributed by atoms with Gasteiger partial charge in [0.25, 0.3) is 0 Å². The molecule has 0 saturated heterocycles. The molecule has 2 aromatic carbocycles. The van der Waals surface area contributed by atoms with Crippen molar-refractivity contribution in [3.05, 3.63) is 53.1 Å². The molecule has 0 unspecified atom stereocenters. The monoisotopic (exact) mass is 491 g/mol. The highest BCUT2D eigenvalue weighted by molar-refractivity contribution is 5.98. The number of carbonyl (C=O) groups excluding carboxylic acids is 1. The number of likely N-dealkylation sites (N-methyl/N-ethyl adjacent to an activating group) is 1. The highest BCUT2D eigenvalue weighted by Gasteiger charge is 2.47. The van der Waals surface area contributed by atoms with E-state index in [0.29, 0.717) is 34.3 Å². The predicted octanol–water partition coefficient (Wildman–Crippen LogP) is 3.34. The first kappa shape index (κ1) is 22.4. The van der Waals surface area contributed by atoms with Gasteiger partial charge in [-0.05, 0) is 25.1 Å². The summed E-state index contributed by atoms with van der Waals surface area (Å²) in [7, 11) is 6.67. The van der Waals surface area contributed by atoms with E-state index in [2.05, 4.69) is 14.9 Å². The van der Waals surface area contributed by atoms with Crippen LogP contribution < -0.4 is 23.7 Å². The number of ether oxygens (including phenoxy) is 6. The topological polar surface area (TPSA) is 101 Å². The number of hydrogen-bond donors (Lipinski definition) is 0. The Hall–Kier alpha value is -4.05. The highest BCUT2D eigenvalue weighted by Crippen LogP contribution is 2.58. The van der Waals surface area contributed by atoms with Crippen molar-refractivity contribution >= 4 is 5.97 Å². The Morgan fingerprint density at radius 1 is 0.972 bits per heavy atom. The number of hydrogen-bond acceptors (Lipinski definition) is 10. The lowest BCUT2D eigenvalue weighted by molar-refractivity contribution is 0.00877. The third-order valence-electron chi connectivity index (χ3n) is 7.07. The van der Waals surface area contributed by atoms with Crippen LogP contribution in [-0.2, 0) is 11.2 Å². The van der Waals surface area contributed by atoms with E-state index in [4.69, 9.17) is 28.4 Å². The fourth-order valence-corrected chi connectivity index (χ4v) is 5.56. The Bertz CT molecular complexity index is 1360. The van der Waals surface area contributed by atoms with Crippen molar-refractivity contribution in [2.75, 3.05) is 41.7 Å². The van der Waals surface area contributed by atoms with Crippen molar-refractivity contribution in [3.63, 3.8) is 0 Å². The summed E-state index contributed by atoms with van der Waals surface area (Å²) in [4.78, 5) is 23.8. The summed E-state index contributed by atoms with van der Waals surface area (Å²) in [5.41, 5.74) is 4.70. The molecule has 3 aliphatic heterocycles. The minimum atomic E-state index is -0.606. The molecule has 3 aromatic rings. The lowest BCUT2D eigenvalue weighted by Crippen LogP contribution is -2.36. The predicted molar refractivity (Wildman–Crippen MR) is 127 cm³/mol. The van der Waals surface area contributed by atoms with Gasteiger partial charge in [0.2, 0.25) is 12.5 Å². The van der Waals surface area contributed by atoms with Gasteiger partial charge in [0.05, 0.1) is 27.4 Å². The zero-order chi connectivity index (χ0) is 25.0. The van der Waals surface area contributed by atoms with Crippen LogP contribution in [0.25, 0.3) is 11.1 Å². The summed E-state index contributed by atoms with van der Waals surface area (Å²) >= 11 is 0. The maximum absolute atomic E-state index is 13.1. The number of methoxy groups -OCH3 is 3. The van der Waals surface area contributed by atoms with E-state index in [0.717, 1.165) is 40.8 Å². The molecule has 4 heterocycles. The fraction of sp³-hybridized carbons (Fsp3) is 0.346. The summed E-state index contributed by atoms with van der Waals surface area (Å²) in [6, 6.07) is 3.30. The maximum atomic E-state index is 13.1. The molecule has 0 fully saturated rings. The maximum Gasteiger partial charge on any atom is 0.343 e. The SMILES string of the molecule is COc1ccc2c(c1OC)C(=O)O[C@@H]2[C@H]1c2c(c(-c3cncnc3)c3c(c2OC)OCO3)CCN1C. The van der Waals surface area contributed by atoms with Gasteiger partial charge in [-0.1, -0.05) is 6.07 Å². The van der Waals surface area contributed by atoms with Crippen LogP contribution in [0.1, 0.15) is 39.2 Å². The number of benzene rings is 2. The molecule has 0 aliphatic carbocycles. The zero-order valence-electron chi connectivity index (χ0n) is 20.4. The van der Waals surface area contributed by atoms with Crippen LogP contribution in [0.5, 0.6) is 28.7 Å². The average molecular weight is 492 g/mol. The molecule has 0 radical (unpaired) electrons. The number of esters is 1. The van der Waals surface area contributed by atoms with Crippen LogP contribution >= 0.6 is 0 Å². The minimum absolute atomic E-state index is 0.0774. The summed E-state index contributed by atoms with van der Waals surface area (Å²) in [5.74, 6) is 2.08. The van der Waals surface area contributed by atoms with Crippen molar-refractivity contribution < 1.29 is 33.2 Å². The molecule has 0 saturated carbocycles. The first-order valence-electron chi connectivity index (χ1n) is 11.5. The Balaban J connectivity index is 1.60. The highest BCUT2D eigenvalue weighted by atomic mass is 16.7. The number of nitrogens with zero attached hydrogens (tertiary/aromatic N) is 3. The van der Waals surface area contributed by atoms with Gasteiger partial charge in [-0.3, -0.25) is 4.90 Å².